The first-order valence-corrected chi connectivity index (χ1v) is 12.8. The summed E-state index contributed by atoms with van der Waals surface area (Å²) in [6.45, 7) is 8.74. The van der Waals surface area contributed by atoms with Crippen molar-refractivity contribution in [1.29, 1.82) is 0 Å². The van der Waals surface area contributed by atoms with Crippen molar-refractivity contribution < 1.29 is 18.3 Å². The molecule has 9 heteroatoms. The van der Waals surface area contributed by atoms with Crippen molar-refractivity contribution >= 4 is 32.5 Å². The van der Waals surface area contributed by atoms with Gasteiger partial charge in [-0.1, -0.05) is 13.8 Å². The third-order valence-corrected chi connectivity index (χ3v) is 6.97. The van der Waals surface area contributed by atoms with Gasteiger partial charge in [-0.2, -0.15) is 0 Å². The van der Waals surface area contributed by atoms with Crippen LogP contribution in [0.3, 0.4) is 0 Å². The van der Waals surface area contributed by atoms with Gasteiger partial charge >= 0.3 is 0 Å². The van der Waals surface area contributed by atoms with Crippen LogP contribution in [0.4, 0.5) is 5.69 Å². The van der Waals surface area contributed by atoms with E-state index in [9.17, 15) is 18.3 Å². The molecule has 0 aliphatic rings. The van der Waals surface area contributed by atoms with E-state index in [4.69, 9.17) is 0 Å². The Balaban J connectivity index is 1.72. The number of amides is 1. The van der Waals surface area contributed by atoms with E-state index in [-0.39, 0.29) is 10.8 Å². The van der Waals surface area contributed by atoms with Crippen molar-refractivity contribution in [2.45, 2.75) is 51.0 Å². The van der Waals surface area contributed by atoms with Gasteiger partial charge in [0.2, 0.25) is 0 Å². The number of benzene rings is 1. The molecule has 1 unspecified atom stereocenters. The number of pyridine rings is 2. The number of nitrogens with one attached hydrogen (secondary N) is 1. The highest BCUT2D eigenvalue weighted by Gasteiger charge is 2.24. The van der Waals surface area contributed by atoms with Crippen molar-refractivity contribution in [2.24, 2.45) is 5.92 Å². The van der Waals surface area contributed by atoms with Crippen molar-refractivity contribution in [2.75, 3.05) is 17.8 Å². The third kappa shape index (κ3) is 6.30. The molecule has 0 fully saturated rings. The summed E-state index contributed by atoms with van der Waals surface area (Å²) < 4.78 is 28.4. The summed E-state index contributed by atoms with van der Waals surface area (Å²) in [4.78, 5) is 22.8. The Morgan fingerprint density at radius 2 is 1.88 bits per heavy atom. The summed E-state index contributed by atoms with van der Waals surface area (Å²) in [6.07, 6.45) is 5.50. The van der Waals surface area contributed by atoms with E-state index in [2.05, 4.69) is 28.5 Å². The van der Waals surface area contributed by atoms with E-state index in [1.165, 1.54) is 12.4 Å². The zero-order valence-electron chi connectivity index (χ0n) is 20.0. The number of carbonyl (C=O) groups is 1. The Morgan fingerprint density at radius 3 is 2.53 bits per heavy atom. The molecule has 0 aliphatic heterocycles. The standard InChI is InChI=1S/C25H32N4O4S/c1-5-29(14-12-25(4,31)15-18(2)3)24(30)19-8-10-21(11-9-19)28-34(32,33)22-17-26-16-20-7-6-13-27-23(20)22/h6-11,13,16-18,28,31H,5,12,14-15H2,1-4H3. The molecule has 1 atom stereocenters. The summed E-state index contributed by atoms with van der Waals surface area (Å²) in [5.74, 6) is 0.192. The first-order valence-electron chi connectivity index (χ1n) is 11.4. The van der Waals surface area contributed by atoms with Crippen LogP contribution in [-0.4, -0.2) is 53.0 Å². The largest absolute Gasteiger partial charge is 0.390 e. The van der Waals surface area contributed by atoms with Gasteiger partial charge in [0.25, 0.3) is 15.9 Å². The average Bonchev–Trinajstić information content (AvgIpc) is 2.78. The fraction of sp³-hybridized carbons (Fsp3) is 0.400. The normalized spacial score (nSPS) is 13.6. The van der Waals surface area contributed by atoms with Crippen LogP contribution >= 0.6 is 0 Å². The predicted octanol–water partition coefficient (Wildman–Crippen LogP) is 4.08. The highest BCUT2D eigenvalue weighted by molar-refractivity contribution is 7.93. The number of sulfonamides is 1. The topological polar surface area (TPSA) is 112 Å². The van der Waals surface area contributed by atoms with Gasteiger partial charge in [0.15, 0.2) is 0 Å². The summed E-state index contributed by atoms with van der Waals surface area (Å²) in [6, 6.07) is 9.76. The molecule has 0 aliphatic carbocycles. The number of hydrogen-bond acceptors (Lipinski definition) is 6. The van der Waals surface area contributed by atoms with Crippen LogP contribution < -0.4 is 4.72 Å². The second-order valence-electron chi connectivity index (χ2n) is 9.13. The van der Waals surface area contributed by atoms with Crippen LogP contribution in [0.15, 0.2) is 59.9 Å². The van der Waals surface area contributed by atoms with E-state index < -0.39 is 15.6 Å². The first kappa shape index (κ1) is 25.6. The maximum absolute atomic E-state index is 13.0. The van der Waals surface area contributed by atoms with Crippen molar-refractivity contribution in [3.63, 3.8) is 0 Å². The highest BCUT2D eigenvalue weighted by Crippen LogP contribution is 2.23. The van der Waals surface area contributed by atoms with E-state index in [0.717, 1.165) is 0 Å². The number of hydrogen-bond donors (Lipinski definition) is 2. The van der Waals surface area contributed by atoms with Crippen LogP contribution in [0.2, 0.25) is 0 Å². The number of aromatic nitrogens is 2. The second-order valence-corrected chi connectivity index (χ2v) is 10.8. The second kappa shape index (κ2) is 10.5. The molecule has 0 saturated heterocycles. The molecule has 2 aromatic heterocycles. The van der Waals surface area contributed by atoms with E-state index >= 15 is 0 Å². The highest BCUT2D eigenvalue weighted by atomic mass is 32.2. The summed E-state index contributed by atoms with van der Waals surface area (Å²) in [5, 5.41) is 11.2. The lowest BCUT2D eigenvalue weighted by molar-refractivity contribution is 0.0205. The van der Waals surface area contributed by atoms with Crippen LogP contribution in [0.1, 0.15) is 50.9 Å². The quantitative estimate of drug-likeness (QED) is 0.448. The van der Waals surface area contributed by atoms with Gasteiger partial charge in [-0.05, 0) is 69.0 Å². The molecule has 182 valence electrons. The zero-order chi connectivity index (χ0) is 24.9. The molecule has 34 heavy (non-hydrogen) atoms. The van der Waals surface area contributed by atoms with Crippen molar-refractivity contribution in [1.82, 2.24) is 14.9 Å². The summed E-state index contributed by atoms with van der Waals surface area (Å²) >= 11 is 0. The van der Waals surface area contributed by atoms with Crippen molar-refractivity contribution in [3.05, 3.63) is 60.6 Å². The Hall–Kier alpha value is -3.04. The molecule has 1 aromatic carbocycles. The van der Waals surface area contributed by atoms with E-state index in [0.29, 0.717) is 54.0 Å². The van der Waals surface area contributed by atoms with Gasteiger partial charge in [0, 0.05) is 48.3 Å². The molecule has 0 bridgehead atoms. The minimum absolute atomic E-state index is 0.0173. The predicted molar refractivity (Wildman–Crippen MR) is 133 cm³/mol. The minimum Gasteiger partial charge on any atom is -0.390 e. The Bertz CT molecular complexity index is 1240. The molecule has 2 heterocycles. The Labute approximate surface area is 201 Å². The van der Waals surface area contributed by atoms with Gasteiger partial charge in [0.05, 0.1) is 11.1 Å². The van der Waals surface area contributed by atoms with Gasteiger partial charge in [-0.15, -0.1) is 0 Å². The molecule has 2 N–H and O–H groups in total. The van der Waals surface area contributed by atoms with Gasteiger partial charge in [-0.3, -0.25) is 19.5 Å². The number of anilines is 1. The molecular formula is C25H32N4O4S. The van der Waals surface area contributed by atoms with Crippen LogP contribution in [-0.2, 0) is 10.0 Å². The Kier molecular flexibility index (Phi) is 7.89. The van der Waals surface area contributed by atoms with E-state index in [1.54, 1.807) is 54.4 Å². The molecule has 8 nitrogen and oxygen atoms in total. The average molecular weight is 485 g/mol. The summed E-state index contributed by atoms with van der Waals surface area (Å²) in [5.41, 5.74) is 0.271. The fourth-order valence-corrected chi connectivity index (χ4v) is 5.19. The molecule has 0 spiro atoms. The SMILES string of the molecule is CCN(CCC(C)(O)CC(C)C)C(=O)c1ccc(NS(=O)(=O)c2cncc3cccnc23)cc1. The lowest BCUT2D eigenvalue weighted by atomic mass is 9.91. The van der Waals surface area contributed by atoms with Crippen LogP contribution in [0.25, 0.3) is 10.9 Å². The minimum atomic E-state index is -3.93. The fourth-order valence-electron chi connectivity index (χ4n) is 4.01. The number of rotatable bonds is 10. The molecule has 0 radical (unpaired) electrons. The lowest BCUT2D eigenvalue weighted by Gasteiger charge is -2.29. The molecule has 1 amide bonds. The maximum atomic E-state index is 13.0. The number of fused-ring (bicyclic) bond motifs is 1. The van der Waals surface area contributed by atoms with Gasteiger partial charge in [-0.25, -0.2) is 8.42 Å². The smallest absolute Gasteiger partial charge is 0.265 e. The third-order valence-electron chi connectivity index (χ3n) is 5.59. The lowest BCUT2D eigenvalue weighted by Crippen LogP contribution is -2.37. The summed E-state index contributed by atoms with van der Waals surface area (Å²) in [7, 11) is -3.93. The number of carbonyl (C=O) groups excluding carboxylic acids is 1. The Morgan fingerprint density at radius 1 is 1.18 bits per heavy atom. The van der Waals surface area contributed by atoms with Crippen molar-refractivity contribution in [3.8, 4) is 0 Å². The van der Waals surface area contributed by atoms with E-state index in [1.807, 2.05) is 6.92 Å². The zero-order valence-corrected chi connectivity index (χ0v) is 20.8. The monoisotopic (exact) mass is 484 g/mol. The number of nitrogens with zero attached hydrogens (tertiary/aromatic N) is 3. The molecule has 3 aromatic rings. The maximum Gasteiger partial charge on any atom is 0.265 e. The van der Waals surface area contributed by atoms with Gasteiger partial charge in [0.1, 0.15) is 4.90 Å². The van der Waals surface area contributed by atoms with Crippen LogP contribution in [0.5, 0.6) is 0 Å². The number of aliphatic hydroxyl groups is 1. The first-order chi connectivity index (χ1) is 16.0. The van der Waals surface area contributed by atoms with Crippen LogP contribution in [0, 0.1) is 5.92 Å². The molecular weight excluding hydrogens is 452 g/mol. The molecule has 0 saturated carbocycles. The molecule has 3 rings (SSSR count). The van der Waals surface area contributed by atoms with Gasteiger partial charge < -0.3 is 10.0 Å².